The molecule has 0 spiro atoms. The number of unbranched alkanes of at least 4 members (excludes halogenated alkanes) is 4. The first-order chi connectivity index (χ1) is 16.5. The minimum Gasteiger partial charge on any atom is -0.463 e. The van der Waals surface area contributed by atoms with E-state index in [-0.39, 0.29) is 18.0 Å². The van der Waals surface area contributed by atoms with E-state index in [4.69, 9.17) is 9.47 Å². The summed E-state index contributed by atoms with van der Waals surface area (Å²) in [4.78, 5) is 32.1. The molecule has 0 N–H and O–H groups in total. The standard InChI is InChI=1S/C28H38N2O4/c1-4-6-7-8-9-10-11-12-13-27(32)34-25-20-29-28(30-21-25)24-18-16-23(17-19-24)15-14-22(3)33-26(31)5-2/h9-10,16-22H,4-8,11-15H2,1-3H3. The molecule has 184 valence electrons. The minimum atomic E-state index is -0.265. The lowest BCUT2D eigenvalue weighted by Gasteiger charge is -2.12. The van der Waals surface area contributed by atoms with Crippen molar-refractivity contribution in [3.8, 4) is 17.1 Å². The summed E-state index contributed by atoms with van der Waals surface area (Å²) in [5.41, 5.74) is 2.04. The van der Waals surface area contributed by atoms with Crippen LogP contribution in [0.4, 0.5) is 0 Å². The molecule has 0 bridgehead atoms. The van der Waals surface area contributed by atoms with Crippen LogP contribution in [0.5, 0.6) is 5.75 Å². The van der Waals surface area contributed by atoms with Gasteiger partial charge in [-0.3, -0.25) is 9.59 Å². The number of carbonyl (C=O) groups excluding carboxylic acids is 2. The molecule has 0 aliphatic rings. The highest BCUT2D eigenvalue weighted by atomic mass is 16.5. The lowest BCUT2D eigenvalue weighted by Crippen LogP contribution is -2.14. The molecule has 0 radical (unpaired) electrons. The molecular formula is C28H38N2O4. The van der Waals surface area contributed by atoms with Gasteiger partial charge >= 0.3 is 11.9 Å². The second-order valence-corrected chi connectivity index (χ2v) is 8.47. The molecule has 0 aliphatic heterocycles. The van der Waals surface area contributed by atoms with Gasteiger partial charge in [-0.2, -0.15) is 0 Å². The average Bonchev–Trinajstić information content (AvgIpc) is 2.85. The molecule has 1 aromatic carbocycles. The molecule has 6 nitrogen and oxygen atoms in total. The zero-order chi connectivity index (χ0) is 24.6. The Labute approximate surface area is 203 Å². The van der Waals surface area contributed by atoms with E-state index in [1.165, 1.54) is 31.7 Å². The third kappa shape index (κ3) is 10.7. The number of carbonyl (C=O) groups is 2. The van der Waals surface area contributed by atoms with E-state index in [1.807, 2.05) is 31.2 Å². The molecule has 0 amide bonds. The van der Waals surface area contributed by atoms with Gasteiger partial charge in [-0.1, -0.05) is 63.1 Å². The van der Waals surface area contributed by atoms with Gasteiger partial charge in [-0.25, -0.2) is 9.97 Å². The summed E-state index contributed by atoms with van der Waals surface area (Å²) in [6, 6.07) is 7.99. The first-order valence-corrected chi connectivity index (χ1v) is 12.5. The van der Waals surface area contributed by atoms with Gasteiger partial charge in [0.15, 0.2) is 11.6 Å². The topological polar surface area (TPSA) is 78.4 Å². The first-order valence-electron chi connectivity index (χ1n) is 12.5. The van der Waals surface area contributed by atoms with Crippen molar-refractivity contribution in [2.45, 2.75) is 91.1 Å². The fourth-order valence-electron chi connectivity index (χ4n) is 3.37. The largest absolute Gasteiger partial charge is 0.463 e. The Hall–Kier alpha value is -3.02. The van der Waals surface area contributed by atoms with Crippen molar-refractivity contribution >= 4 is 11.9 Å². The molecule has 1 atom stereocenters. The minimum absolute atomic E-state index is 0.0993. The number of allylic oxidation sites excluding steroid dienone is 2. The molecule has 0 saturated carbocycles. The van der Waals surface area contributed by atoms with Crippen molar-refractivity contribution in [2.24, 2.45) is 0 Å². The smallest absolute Gasteiger partial charge is 0.311 e. The van der Waals surface area contributed by atoms with Crippen LogP contribution >= 0.6 is 0 Å². The Balaban J connectivity index is 1.74. The number of aryl methyl sites for hydroxylation is 1. The number of benzene rings is 1. The average molecular weight is 467 g/mol. The SMILES string of the molecule is CCCCCC=CCCCC(=O)Oc1cnc(-c2ccc(CCC(C)OC(=O)CC)cc2)nc1. The van der Waals surface area contributed by atoms with Crippen molar-refractivity contribution in [2.75, 3.05) is 0 Å². The van der Waals surface area contributed by atoms with E-state index in [1.54, 1.807) is 6.92 Å². The number of hydrogen-bond donors (Lipinski definition) is 0. The molecular weight excluding hydrogens is 428 g/mol. The Morgan fingerprint density at radius 3 is 2.26 bits per heavy atom. The van der Waals surface area contributed by atoms with Gasteiger partial charge < -0.3 is 9.47 Å². The second kappa shape index (κ2) is 15.8. The fraction of sp³-hybridized carbons (Fsp3) is 0.500. The van der Waals surface area contributed by atoms with Gasteiger partial charge in [-0.05, 0) is 51.0 Å². The normalized spacial score (nSPS) is 12.0. The third-order valence-electron chi connectivity index (χ3n) is 5.43. The molecule has 0 fully saturated rings. The van der Waals surface area contributed by atoms with Gasteiger partial charge in [0.25, 0.3) is 0 Å². The molecule has 1 unspecified atom stereocenters. The zero-order valence-corrected chi connectivity index (χ0v) is 20.8. The molecule has 6 heteroatoms. The van der Waals surface area contributed by atoms with Crippen LogP contribution in [-0.2, 0) is 20.7 Å². The number of aromatic nitrogens is 2. The maximum atomic E-state index is 12.0. The predicted octanol–water partition coefficient (Wildman–Crippen LogP) is 6.63. The van der Waals surface area contributed by atoms with E-state index in [9.17, 15) is 9.59 Å². The molecule has 0 aliphatic carbocycles. The van der Waals surface area contributed by atoms with Crippen LogP contribution in [0.25, 0.3) is 11.4 Å². The fourth-order valence-corrected chi connectivity index (χ4v) is 3.37. The summed E-state index contributed by atoms with van der Waals surface area (Å²) in [6.45, 7) is 5.91. The number of nitrogens with zero attached hydrogens (tertiary/aromatic N) is 2. The van der Waals surface area contributed by atoms with E-state index in [0.717, 1.165) is 43.2 Å². The van der Waals surface area contributed by atoms with E-state index >= 15 is 0 Å². The van der Waals surface area contributed by atoms with Crippen LogP contribution in [0.15, 0.2) is 48.8 Å². The summed E-state index contributed by atoms with van der Waals surface area (Å²) in [7, 11) is 0. The monoisotopic (exact) mass is 466 g/mol. The van der Waals surface area contributed by atoms with Crippen LogP contribution in [0.3, 0.4) is 0 Å². The van der Waals surface area contributed by atoms with Gasteiger partial charge in [0, 0.05) is 18.4 Å². The quantitative estimate of drug-likeness (QED) is 0.166. The number of esters is 2. The van der Waals surface area contributed by atoms with Crippen molar-refractivity contribution in [3.05, 3.63) is 54.4 Å². The van der Waals surface area contributed by atoms with Gasteiger partial charge in [-0.15, -0.1) is 0 Å². The van der Waals surface area contributed by atoms with Crippen molar-refractivity contribution in [3.63, 3.8) is 0 Å². The summed E-state index contributed by atoms with van der Waals surface area (Å²) in [5.74, 6) is 0.499. The highest BCUT2D eigenvalue weighted by Gasteiger charge is 2.09. The lowest BCUT2D eigenvalue weighted by atomic mass is 10.1. The Morgan fingerprint density at radius 1 is 0.941 bits per heavy atom. The third-order valence-corrected chi connectivity index (χ3v) is 5.43. The first kappa shape index (κ1) is 27.2. The van der Waals surface area contributed by atoms with Crippen LogP contribution in [-0.4, -0.2) is 28.0 Å². The Bertz CT molecular complexity index is 892. The van der Waals surface area contributed by atoms with Gasteiger partial charge in [0.1, 0.15) is 0 Å². The highest BCUT2D eigenvalue weighted by Crippen LogP contribution is 2.19. The maximum Gasteiger partial charge on any atom is 0.311 e. The highest BCUT2D eigenvalue weighted by molar-refractivity contribution is 5.72. The van der Waals surface area contributed by atoms with Gasteiger partial charge in [0.05, 0.1) is 18.5 Å². The summed E-state index contributed by atoms with van der Waals surface area (Å²) >= 11 is 0. The lowest BCUT2D eigenvalue weighted by molar-refractivity contribution is -0.148. The predicted molar refractivity (Wildman–Crippen MR) is 134 cm³/mol. The Kier molecular flexibility index (Phi) is 12.6. The molecule has 1 aromatic heterocycles. The summed E-state index contributed by atoms with van der Waals surface area (Å²) in [6.07, 6.45) is 16.2. The maximum absolute atomic E-state index is 12.0. The van der Waals surface area contributed by atoms with Crippen LogP contribution in [0.1, 0.15) is 84.1 Å². The summed E-state index contributed by atoms with van der Waals surface area (Å²) < 4.78 is 10.7. The van der Waals surface area contributed by atoms with E-state index < -0.39 is 0 Å². The molecule has 2 rings (SSSR count). The number of rotatable bonds is 15. The van der Waals surface area contributed by atoms with Crippen molar-refractivity contribution in [1.82, 2.24) is 9.97 Å². The zero-order valence-electron chi connectivity index (χ0n) is 20.8. The Morgan fingerprint density at radius 2 is 1.62 bits per heavy atom. The van der Waals surface area contributed by atoms with Crippen molar-refractivity contribution < 1.29 is 19.1 Å². The summed E-state index contributed by atoms with van der Waals surface area (Å²) in [5, 5.41) is 0. The van der Waals surface area contributed by atoms with E-state index in [0.29, 0.717) is 24.4 Å². The second-order valence-electron chi connectivity index (χ2n) is 8.47. The van der Waals surface area contributed by atoms with Crippen molar-refractivity contribution in [1.29, 1.82) is 0 Å². The van der Waals surface area contributed by atoms with Gasteiger partial charge in [0.2, 0.25) is 0 Å². The van der Waals surface area contributed by atoms with Crippen LogP contribution in [0, 0.1) is 0 Å². The molecule has 34 heavy (non-hydrogen) atoms. The number of ether oxygens (including phenoxy) is 2. The molecule has 0 saturated heterocycles. The molecule has 1 heterocycles. The van der Waals surface area contributed by atoms with E-state index in [2.05, 4.69) is 29.0 Å². The van der Waals surface area contributed by atoms with Crippen LogP contribution < -0.4 is 4.74 Å². The number of hydrogen-bond acceptors (Lipinski definition) is 6. The molecule has 2 aromatic rings. The van der Waals surface area contributed by atoms with Crippen LogP contribution in [0.2, 0.25) is 0 Å².